The molecule has 0 unspecified atom stereocenters. The highest BCUT2D eigenvalue weighted by atomic mass is 32.2. The van der Waals surface area contributed by atoms with Crippen molar-refractivity contribution < 1.29 is 8.42 Å². The molecule has 0 saturated carbocycles. The second-order valence-corrected chi connectivity index (χ2v) is 12.3. The van der Waals surface area contributed by atoms with Gasteiger partial charge in [-0.2, -0.15) is 0 Å². The number of sulfone groups is 1. The van der Waals surface area contributed by atoms with E-state index in [0.717, 1.165) is 65.0 Å². The van der Waals surface area contributed by atoms with Crippen LogP contribution in [0.3, 0.4) is 0 Å². The van der Waals surface area contributed by atoms with Gasteiger partial charge in [-0.05, 0) is 61.4 Å². The molecule has 1 aromatic carbocycles. The number of hydrogen-bond donors (Lipinski definition) is 0. The quantitative estimate of drug-likeness (QED) is 0.552. The number of unbranched alkanes of at least 4 members (excludes halogenated alkanes) is 1. The van der Waals surface area contributed by atoms with E-state index >= 15 is 0 Å². The molecule has 0 radical (unpaired) electrons. The highest BCUT2D eigenvalue weighted by Gasteiger charge is 2.32. The van der Waals surface area contributed by atoms with Gasteiger partial charge >= 0.3 is 0 Å². The first-order chi connectivity index (χ1) is 14.9. The van der Waals surface area contributed by atoms with Gasteiger partial charge in [0, 0.05) is 36.2 Å². The summed E-state index contributed by atoms with van der Waals surface area (Å²) < 4.78 is 28.6. The monoisotopic (exact) mass is 455 g/mol. The van der Waals surface area contributed by atoms with Crippen LogP contribution in [0.15, 0.2) is 23.0 Å². The molecule has 3 heterocycles. The van der Waals surface area contributed by atoms with Crippen LogP contribution in [-0.4, -0.2) is 28.8 Å². The largest absolute Gasteiger partial charge is 0.328 e. The average molecular weight is 456 g/mol. The van der Waals surface area contributed by atoms with E-state index in [9.17, 15) is 13.2 Å². The topological polar surface area (TPSA) is 74.0 Å². The zero-order valence-electron chi connectivity index (χ0n) is 19.9. The van der Waals surface area contributed by atoms with Gasteiger partial charge in [0.25, 0.3) is 5.56 Å². The van der Waals surface area contributed by atoms with Crippen LogP contribution in [0, 0.1) is 19.3 Å². The lowest BCUT2D eigenvalue weighted by molar-refractivity contribution is 0.357. The van der Waals surface area contributed by atoms with Crippen LogP contribution >= 0.6 is 0 Å². The van der Waals surface area contributed by atoms with E-state index in [1.165, 1.54) is 6.26 Å². The molecule has 0 N–H and O–H groups in total. The molecule has 0 atom stereocenters. The molecule has 7 heteroatoms. The van der Waals surface area contributed by atoms with Crippen molar-refractivity contribution in [2.75, 3.05) is 6.26 Å². The molecule has 4 rings (SSSR count). The molecule has 0 bridgehead atoms. The standard InChI is InChI=1S/C25H33N3O3S/c1-7-8-9-27-17(3)26-23-19(14-32(6,30)31)11-18(12-21(23)27)20-10-16(2)24(29)28-15-25(4,5)13-22(20)28/h10-12H,7-9,13-15H2,1-6H3. The van der Waals surface area contributed by atoms with Crippen molar-refractivity contribution in [2.24, 2.45) is 5.41 Å². The lowest BCUT2D eigenvalue weighted by Gasteiger charge is -2.15. The molecule has 0 aliphatic carbocycles. The normalized spacial score (nSPS) is 15.4. The summed E-state index contributed by atoms with van der Waals surface area (Å²) in [7, 11) is -3.24. The second-order valence-electron chi connectivity index (χ2n) is 10.2. The van der Waals surface area contributed by atoms with Gasteiger partial charge in [-0.25, -0.2) is 13.4 Å². The molecular formula is C25H33N3O3S. The number of benzene rings is 1. The van der Waals surface area contributed by atoms with Crippen LogP contribution < -0.4 is 5.56 Å². The molecule has 1 aliphatic rings. The summed E-state index contributed by atoms with van der Waals surface area (Å²) in [6, 6.07) is 6.06. The van der Waals surface area contributed by atoms with Crippen LogP contribution in [0.5, 0.6) is 0 Å². The zero-order chi connectivity index (χ0) is 23.4. The number of nitrogens with zero attached hydrogens (tertiary/aromatic N) is 3. The SMILES string of the molecule is CCCCn1c(C)nc2c(CS(C)(=O)=O)cc(-c3cc(C)c(=O)n4c3CC(C)(C)C4)cc21. The van der Waals surface area contributed by atoms with Gasteiger partial charge in [-0.1, -0.05) is 27.2 Å². The Kier molecular flexibility index (Phi) is 5.60. The summed E-state index contributed by atoms with van der Waals surface area (Å²) in [6.07, 6.45) is 4.17. The van der Waals surface area contributed by atoms with Crippen molar-refractivity contribution in [2.45, 2.75) is 72.7 Å². The second kappa shape index (κ2) is 7.87. The van der Waals surface area contributed by atoms with Gasteiger partial charge in [-0.15, -0.1) is 0 Å². The third-order valence-electron chi connectivity index (χ3n) is 6.40. The third kappa shape index (κ3) is 4.15. The Morgan fingerprint density at radius 1 is 1.16 bits per heavy atom. The summed E-state index contributed by atoms with van der Waals surface area (Å²) in [5, 5.41) is 0. The lowest BCUT2D eigenvalue weighted by atomic mass is 9.89. The van der Waals surface area contributed by atoms with E-state index in [1.807, 2.05) is 30.5 Å². The van der Waals surface area contributed by atoms with E-state index in [2.05, 4.69) is 31.4 Å². The Balaban J connectivity index is 2.01. The molecule has 6 nitrogen and oxygen atoms in total. The van der Waals surface area contributed by atoms with Crippen molar-refractivity contribution in [1.29, 1.82) is 0 Å². The number of aryl methyl sites for hydroxylation is 3. The maximum atomic E-state index is 12.8. The summed E-state index contributed by atoms with van der Waals surface area (Å²) in [6.45, 7) is 11.9. The van der Waals surface area contributed by atoms with E-state index in [1.54, 1.807) is 0 Å². The maximum absolute atomic E-state index is 12.8. The van der Waals surface area contributed by atoms with Gasteiger partial charge in [0.2, 0.25) is 0 Å². The van der Waals surface area contributed by atoms with E-state index in [0.29, 0.717) is 12.1 Å². The van der Waals surface area contributed by atoms with Crippen molar-refractivity contribution in [3.05, 3.63) is 51.2 Å². The predicted molar refractivity (Wildman–Crippen MR) is 130 cm³/mol. The van der Waals surface area contributed by atoms with Crippen molar-refractivity contribution >= 4 is 20.9 Å². The van der Waals surface area contributed by atoms with E-state index < -0.39 is 9.84 Å². The van der Waals surface area contributed by atoms with Gasteiger partial charge < -0.3 is 9.13 Å². The Hall–Kier alpha value is -2.41. The Bertz CT molecular complexity index is 1380. The fraction of sp³-hybridized carbons (Fsp3) is 0.520. The molecule has 0 amide bonds. The smallest absolute Gasteiger partial charge is 0.253 e. The summed E-state index contributed by atoms with van der Waals surface area (Å²) in [5.41, 5.74) is 6.24. The van der Waals surface area contributed by atoms with Crippen LogP contribution in [0.1, 0.15) is 56.3 Å². The summed E-state index contributed by atoms with van der Waals surface area (Å²) >= 11 is 0. The number of imidazole rings is 1. The van der Waals surface area contributed by atoms with Gasteiger partial charge in [-0.3, -0.25) is 4.79 Å². The fourth-order valence-electron chi connectivity index (χ4n) is 4.94. The minimum absolute atomic E-state index is 0.00782. The molecule has 1 aliphatic heterocycles. The first kappa shape index (κ1) is 22.8. The number of fused-ring (bicyclic) bond motifs is 2. The molecule has 0 spiro atoms. The molecule has 0 fully saturated rings. The Labute approximate surface area is 190 Å². The summed E-state index contributed by atoms with van der Waals surface area (Å²) in [5.74, 6) is 0.841. The average Bonchev–Trinajstić information content (AvgIpc) is 3.17. The van der Waals surface area contributed by atoms with Crippen LogP contribution in [0.4, 0.5) is 0 Å². The van der Waals surface area contributed by atoms with Crippen LogP contribution in [0.25, 0.3) is 22.2 Å². The molecule has 32 heavy (non-hydrogen) atoms. The van der Waals surface area contributed by atoms with Crippen molar-refractivity contribution in [3.8, 4) is 11.1 Å². The van der Waals surface area contributed by atoms with E-state index in [-0.39, 0.29) is 16.7 Å². The molecular weight excluding hydrogens is 422 g/mol. The highest BCUT2D eigenvalue weighted by Crippen LogP contribution is 2.38. The van der Waals surface area contributed by atoms with E-state index in [4.69, 9.17) is 4.98 Å². The number of hydrogen-bond acceptors (Lipinski definition) is 4. The van der Waals surface area contributed by atoms with Crippen LogP contribution in [0.2, 0.25) is 0 Å². The van der Waals surface area contributed by atoms with Gasteiger partial charge in [0.05, 0.1) is 16.8 Å². The van der Waals surface area contributed by atoms with Crippen molar-refractivity contribution in [1.82, 2.24) is 14.1 Å². The molecule has 3 aromatic rings. The summed E-state index contributed by atoms with van der Waals surface area (Å²) in [4.78, 5) is 17.6. The third-order valence-corrected chi connectivity index (χ3v) is 7.24. The van der Waals surface area contributed by atoms with Gasteiger partial charge in [0.15, 0.2) is 9.84 Å². The van der Waals surface area contributed by atoms with Crippen molar-refractivity contribution in [3.63, 3.8) is 0 Å². The lowest BCUT2D eigenvalue weighted by Crippen LogP contribution is -2.24. The Morgan fingerprint density at radius 3 is 2.53 bits per heavy atom. The number of rotatable bonds is 6. The fourth-order valence-corrected chi connectivity index (χ4v) is 5.73. The number of aromatic nitrogens is 3. The minimum atomic E-state index is -3.24. The predicted octanol–water partition coefficient (Wildman–Crippen LogP) is 4.41. The van der Waals surface area contributed by atoms with Crippen LogP contribution in [-0.2, 0) is 35.1 Å². The molecule has 2 aromatic heterocycles. The first-order valence-electron chi connectivity index (χ1n) is 11.3. The molecule has 172 valence electrons. The number of pyridine rings is 1. The zero-order valence-corrected chi connectivity index (χ0v) is 20.8. The minimum Gasteiger partial charge on any atom is -0.328 e. The Morgan fingerprint density at radius 2 is 1.88 bits per heavy atom. The maximum Gasteiger partial charge on any atom is 0.253 e. The highest BCUT2D eigenvalue weighted by molar-refractivity contribution is 7.89. The van der Waals surface area contributed by atoms with Gasteiger partial charge in [0.1, 0.15) is 5.82 Å². The first-order valence-corrected chi connectivity index (χ1v) is 13.4. The molecule has 0 saturated heterocycles.